The van der Waals surface area contributed by atoms with Crippen molar-refractivity contribution in [2.24, 2.45) is 0 Å². The molecule has 0 saturated heterocycles. The number of amides is 1. The Kier molecular flexibility index (Phi) is 6.39. The summed E-state index contributed by atoms with van der Waals surface area (Å²) >= 11 is 1.49. The summed E-state index contributed by atoms with van der Waals surface area (Å²) < 4.78 is 17.5. The molecule has 2 heterocycles. The molecule has 0 unspecified atom stereocenters. The van der Waals surface area contributed by atoms with Crippen molar-refractivity contribution >= 4 is 38.7 Å². The molecule has 0 spiro atoms. The van der Waals surface area contributed by atoms with Crippen molar-refractivity contribution in [1.82, 2.24) is 9.88 Å². The van der Waals surface area contributed by atoms with E-state index < -0.39 is 0 Å². The first-order valence-electron chi connectivity index (χ1n) is 10.1. The van der Waals surface area contributed by atoms with Crippen LogP contribution in [0.4, 0.5) is 5.13 Å². The van der Waals surface area contributed by atoms with Crippen LogP contribution in [0.5, 0.6) is 17.2 Å². The lowest BCUT2D eigenvalue weighted by atomic mass is 10.2. The Morgan fingerprint density at radius 1 is 1.19 bits per heavy atom. The number of fused-ring (bicyclic) bond motifs is 2. The molecule has 1 aliphatic heterocycles. The number of hydrogen-bond acceptors (Lipinski definition) is 7. The summed E-state index contributed by atoms with van der Waals surface area (Å²) in [6, 6.07) is 11.5. The smallest absolute Gasteiger partial charge is 0.252 e. The van der Waals surface area contributed by atoms with Gasteiger partial charge in [-0.05, 0) is 56.9 Å². The third-order valence-corrected chi connectivity index (χ3v) is 5.80. The minimum absolute atomic E-state index is 0.128. The second kappa shape index (κ2) is 9.36. The fourth-order valence-corrected chi connectivity index (χ4v) is 4.19. The highest BCUT2D eigenvalue weighted by Crippen LogP contribution is 2.35. The first-order chi connectivity index (χ1) is 15.0. The van der Waals surface area contributed by atoms with Crippen LogP contribution < -0.4 is 19.1 Å². The molecule has 2 aromatic carbocycles. The molecule has 162 valence electrons. The topological polar surface area (TPSA) is 64.1 Å². The van der Waals surface area contributed by atoms with E-state index in [1.165, 1.54) is 11.3 Å². The molecule has 0 atom stereocenters. The number of likely N-dealkylation sites (N-methyl/N-ethyl adjacent to an activating group) is 1. The van der Waals surface area contributed by atoms with Crippen LogP contribution in [0.25, 0.3) is 16.3 Å². The molecule has 0 N–H and O–H groups in total. The molecule has 3 aromatic rings. The number of anilines is 1. The van der Waals surface area contributed by atoms with Gasteiger partial charge in [-0.1, -0.05) is 23.5 Å². The number of nitrogens with zero attached hydrogens (tertiary/aromatic N) is 3. The van der Waals surface area contributed by atoms with Gasteiger partial charge in [0.15, 0.2) is 16.6 Å². The number of aromatic nitrogens is 1. The highest BCUT2D eigenvalue weighted by molar-refractivity contribution is 7.22. The van der Waals surface area contributed by atoms with Crippen LogP contribution in [0.1, 0.15) is 12.5 Å². The lowest BCUT2D eigenvalue weighted by Crippen LogP contribution is -2.35. The van der Waals surface area contributed by atoms with Crippen molar-refractivity contribution in [3.8, 4) is 17.2 Å². The molecule has 0 fully saturated rings. The van der Waals surface area contributed by atoms with Gasteiger partial charge in [0.1, 0.15) is 11.3 Å². The number of thiazole rings is 1. The monoisotopic (exact) mass is 439 g/mol. The summed E-state index contributed by atoms with van der Waals surface area (Å²) in [7, 11) is 3.97. The van der Waals surface area contributed by atoms with E-state index in [-0.39, 0.29) is 12.7 Å². The first-order valence-corrected chi connectivity index (χ1v) is 10.9. The summed E-state index contributed by atoms with van der Waals surface area (Å²) in [5.41, 5.74) is 1.65. The molecule has 0 radical (unpaired) electrons. The fourth-order valence-electron chi connectivity index (χ4n) is 3.17. The van der Waals surface area contributed by atoms with Crippen molar-refractivity contribution in [2.45, 2.75) is 6.92 Å². The number of ether oxygens (including phenoxy) is 3. The van der Waals surface area contributed by atoms with Gasteiger partial charge in [-0.25, -0.2) is 4.98 Å². The number of hydrogen-bond donors (Lipinski definition) is 0. The summed E-state index contributed by atoms with van der Waals surface area (Å²) in [5.74, 6) is 2.01. The Bertz CT molecular complexity index is 1110. The lowest BCUT2D eigenvalue weighted by molar-refractivity contribution is -0.114. The van der Waals surface area contributed by atoms with Crippen molar-refractivity contribution in [1.29, 1.82) is 0 Å². The Morgan fingerprint density at radius 3 is 2.84 bits per heavy atom. The summed E-state index contributed by atoms with van der Waals surface area (Å²) in [4.78, 5) is 21.6. The largest absolute Gasteiger partial charge is 0.492 e. The Morgan fingerprint density at radius 2 is 2.03 bits per heavy atom. The zero-order chi connectivity index (χ0) is 21.8. The highest BCUT2D eigenvalue weighted by atomic mass is 32.1. The number of para-hydroxylation sites is 1. The van der Waals surface area contributed by atoms with E-state index >= 15 is 0 Å². The van der Waals surface area contributed by atoms with E-state index in [1.54, 1.807) is 17.1 Å². The molecule has 1 aliphatic rings. The predicted octanol–water partition coefficient (Wildman–Crippen LogP) is 4.03. The van der Waals surface area contributed by atoms with E-state index in [2.05, 4.69) is 0 Å². The maximum Gasteiger partial charge on any atom is 0.252 e. The van der Waals surface area contributed by atoms with Crippen molar-refractivity contribution in [3.63, 3.8) is 0 Å². The summed E-state index contributed by atoms with van der Waals surface area (Å²) in [6.07, 6.45) is 3.36. The average molecular weight is 440 g/mol. The molecular weight excluding hydrogens is 414 g/mol. The second-order valence-electron chi connectivity index (χ2n) is 7.27. The van der Waals surface area contributed by atoms with Crippen LogP contribution in [-0.4, -0.2) is 56.4 Å². The van der Waals surface area contributed by atoms with Gasteiger partial charge in [-0.15, -0.1) is 0 Å². The molecule has 7 nitrogen and oxygen atoms in total. The normalized spacial score (nSPS) is 12.8. The summed E-state index contributed by atoms with van der Waals surface area (Å²) in [5, 5.41) is 0.657. The number of rotatable bonds is 8. The maximum atomic E-state index is 13.2. The van der Waals surface area contributed by atoms with Crippen LogP contribution in [-0.2, 0) is 4.79 Å². The third-order valence-electron chi connectivity index (χ3n) is 4.75. The van der Waals surface area contributed by atoms with E-state index in [1.807, 2.05) is 62.3 Å². The molecule has 4 rings (SSSR count). The van der Waals surface area contributed by atoms with Gasteiger partial charge >= 0.3 is 0 Å². The van der Waals surface area contributed by atoms with Gasteiger partial charge in [0.25, 0.3) is 5.91 Å². The van der Waals surface area contributed by atoms with Gasteiger partial charge in [0.05, 0.1) is 11.3 Å². The Labute approximate surface area is 185 Å². The fraction of sp³-hybridized carbons (Fsp3) is 0.304. The van der Waals surface area contributed by atoms with E-state index in [0.29, 0.717) is 24.0 Å². The first kappa shape index (κ1) is 21.1. The zero-order valence-corrected chi connectivity index (χ0v) is 18.6. The van der Waals surface area contributed by atoms with E-state index in [0.717, 1.165) is 33.8 Å². The predicted molar refractivity (Wildman–Crippen MR) is 123 cm³/mol. The molecule has 8 heteroatoms. The van der Waals surface area contributed by atoms with Crippen LogP contribution in [0.3, 0.4) is 0 Å². The summed E-state index contributed by atoms with van der Waals surface area (Å²) in [6.45, 7) is 3.98. The van der Waals surface area contributed by atoms with Gasteiger partial charge < -0.3 is 19.1 Å². The van der Waals surface area contributed by atoms with Gasteiger partial charge in [-0.2, -0.15) is 0 Å². The van der Waals surface area contributed by atoms with E-state index in [9.17, 15) is 4.79 Å². The highest BCUT2D eigenvalue weighted by Gasteiger charge is 2.20. The van der Waals surface area contributed by atoms with Gasteiger partial charge in [0.2, 0.25) is 6.79 Å². The molecule has 0 bridgehead atoms. The SMILES string of the molecule is CCOc1cccc2sc(N(CCN(C)C)C(=O)/C=C/c3ccc4c(c3)OCO4)nc12. The van der Waals surface area contributed by atoms with Crippen LogP contribution in [0.2, 0.25) is 0 Å². The molecule has 0 saturated carbocycles. The van der Waals surface area contributed by atoms with Gasteiger partial charge in [-0.3, -0.25) is 9.69 Å². The third kappa shape index (κ3) is 4.81. The second-order valence-corrected chi connectivity index (χ2v) is 8.28. The van der Waals surface area contributed by atoms with Gasteiger partial charge in [0, 0.05) is 19.2 Å². The molecule has 0 aliphatic carbocycles. The molecule has 1 aromatic heterocycles. The van der Waals surface area contributed by atoms with E-state index in [4.69, 9.17) is 19.2 Å². The number of carbonyl (C=O) groups is 1. The zero-order valence-electron chi connectivity index (χ0n) is 17.8. The Hall–Kier alpha value is -3.10. The van der Waals surface area contributed by atoms with Crippen molar-refractivity contribution in [3.05, 3.63) is 48.0 Å². The Balaban J connectivity index is 1.60. The minimum Gasteiger partial charge on any atom is -0.492 e. The van der Waals surface area contributed by atoms with Crippen LogP contribution >= 0.6 is 11.3 Å². The maximum absolute atomic E-state index is 13.2. The van der Waals surface area contributed by atoms with Crippen LogP contribution in [0.15, 0.2) is 42.5 Å². The van der Waals surface area contributed by atoms with Crippen LogP contribution in [0, 0.1) is 0 Å². The lowest BCUT2D eigenvalue weighted by Gasteiger charge is -2.20. The molecule has 31 heavy (non-hydrogen) atoms. The minimum atomic E-state index is -0.128. The molecular formula is C23H25N3O4S. The molecule has 1 amide bonds. The standard InChI is InChI=1S/C23H25N3O4S/c1-4-28-18-6-5-7-20-22(18)24-23(31-20)26(13-12-25(2)3)21(27)11-9-16-8-10-17-19(14-16)30-15-29-17/h5-11,14H,4,12-13,15H2,1-3H3/b11-9+. The number of carbonyl (C=O) groups excluding carboxylic acids is 1. The number of benzene rings is 2. The average Bonchev–Trinajstić information content (AvgIpc) is 3.39. The van der Waals surface area contributed by atoms with Crippen molar-refractivity contribution < 1.29 is 19.0 Å². The quantitative estimate of drug-likeness (QED) is 0.494. The van der Waals surface area contributed by atoms with Crippen molar-refractivity contribution in [2.75, 3.05) is 45.5 Å².